The molecule has 3 nitrogen and oxygen atoms in total. The second-order valence-electron chi connectivity index (χ2n) is 5.07. The topological polar surface area (TPSA) is 30.7 Å². The molecule has 3 aromatic rings. The fourth-order valence-corrected chi connectivity index (χ4v) is 2.41. The minimum Gasteiger partial charge on any atom is -0.298 e. The SMILES string of the molecule is CC.CC.CC.CC(C)c1ccccc1-c1nccn1-c1cccnc1. The van der Waals surface area contributed by atoms with Crippen LogP contribution < -0.4 is 0 Å². The van der Waals surface area contributed by atoms with Gasteiger partial charge in [-0.1, -0.05) is 79.7 Å². The Bertz CT molecular complexity index is 700. The van der Waals surface area contributed by atoms with Gasteiger partial charge >= 0.3 is 0 Å². The molecular formula is C23H35N3. The number of nitrogens with zero attached hydrogens (tertiary/aromatic N) is 3. The summed E-state index contributed by atoms with van der Waals surface area (Å²) < 4.78 is 2.08. The maximum atomic E-state index is 4.54. The summed E-state index contributed by atoms with van der Waals surface area (Å²) in [6, 6.07) is 12.4. The number of imidazole rings is 1. The van der Waals surface area contributed by atoms with E-state index in [-0.39, 0.29) is 0 Å². The van der Waals surface area contributed by atoms with E-state index in [0.717, 1.165) is 11.5 Å². The molecule has 142 valence electrons. The predicted molar refractivity (Wildman–Crippen MR) is 115 cm³/mol. The number of hydrogen-bond acceptors (Lipinski definition) is 2. The summed E-state index contributed by atoms with van der Waals surface area (Å²) >= 11 is 0. The molecule has 0 aliphatic carbocycles. The van der Waals surface area contributed by atoms with Crippen LogP contribution in [0.3, 0.4) is 0 Å². The van der Waals surface area contributed by atoms with Gasteiger partial charge in [0.15, 0.2) is 0 Å². The Morgan fingerprint density at radius 1 is 0.808 bits per heavy atom. The molecule has 3 heteroatoms. The van der Waals surface area contributed by atoms with Gasteiger partial charge in [0, 0.05) is 24.2 Å². The minimum absolute atomic E-state index is 0.463. The summed E-state index contributed by atoms with van der Waals surface area (Å²) in [6.07, 6.45) is 7.44. The van der Waals surface area contributed by atoms with Crippen LogP contribution in [0.25, 0.3) is 17.1 Å². The summed E-state index contributed by atoms with van der Waals surface area (Å²) in [5.74, 6) is 1.42. The molecular weight excluding hydrogens is 318 g/mol. The quantitative estimate of drug-likeness (QED) is 0.501. The van der Waals surface area contributed by atoms with E-state index >= 15 is 0 Å². The van der Waals surface area contributed by atoms with Gasteiger partial charge in [0.05, 0.1) is 11.9 Å². The molecule has 2 heterocycles. The maximum absolute atomic E-state index is 4.54. The number of hydrogen-bond donors (Lipinski definition) is 0. The lowest BCUT2D eigenvalue weighted by Gasteiger charge is -2.14. The molecule has 26 heavy (non-hydrogen) atoms. The van der Waals surface area contributed by atoms with Gasteiger partial charge < -0.3 is 0 Å². The summed E-state index contributed by atoms with van der Waals surface area (Å²) in [5, 5.41) is 0. The first-order chi connectivity index (χ1) is 12.8. The third-order valence-electron chi connectivity index (χ3n) is 3.39. The van der Waals surface area contributed by atoms with Crippen molar-refractivity contribution in [1.82, 2.24) is 14.5 Å². The monoisotopic (exact) mass is 353 g/mol. The van der Waals surface area contributed by atoms with E-state index in [1.165, 1.54) is 11.1 Å². The summed E-state index contributed by atoms with van der Waals surface area (Å²) in [7, 11) is 0. The first kappa shape index (κ1) is 23.6. The van der Waals surface area contributed by atoms with Crippen LogP contribution in [0.15, 0.2) is 61.2 Å². The highest BCUT2D eigenvalue weighted by molar-refractivity contribution is 5.63. The second kappa shape index (κ2) is 13.8. The molecule has 2 aromatic heterocycles. The van der Waals surface area contributed by atoms with Crippen LogP contribution in [0.5, 0.6) is 0 Å². The average molecular weight is 354 g/mol. The highest BCUT2D eigenvalue weighted by atomic mass is 15.1. The van der Waals surface area contributed by atoms with E-state index < -0.39 is 0 Å². The molecule has 0 N–H and O–H groups in total. The molecule has 3 rings (SSSR count). The molecule has 0 aliphatic heterocycles. The normalized spacial score (nSPS) is 9.12. The van der Waals surface area contributed by atoms with Crippen LogP contribution in [0.2, 0.25) is 0 Å². The standard InChI is InChI=1S/C17H17N3.3C2H6/c1-13(2)15-7-3-4-8-16(15)17-19-10-11-20(17)14-6-5-9-18-12-14;3*1-2/h3-13H,1-2H3;3*1-2H3. The predicted octanol–water partition coefficient (Wildman–Crippen LogP) is 7.14. The van der Waals surface area contributed by atoms with Crippen molar-refractivity contribution < 1.29 is 0 Å². The Balaban J connectivity index is 0.000000948. The van der Waals surface area contributed by atoms with Gasteiger partial charge in [-0.3, -0.25) is 9.55 Å². The maximum Gasteiger partial charge on any atom is 0.144 e. The lowest BCUT2D eigenvalue weighted by molar-refractivity contribution is 0.865. The van der Waals surface area contributed by atoms with Gasteiger partial charge in [-0.15, -0.1) is 0 Å². The Morgan fingerprint density at radius 2 is 1.46 bits per heavy atom. The van der Waals surface area contributed by atoms with Gasteiger partial charge in [0.25, 0.3) is 0 Å². The Morgan fingerprint density at radius 3 is 2.04 bits per heavy atom. The zero-order valence-corrected chi connectivity index (χ0v) is 17.7. The van der Waals surface area contributed by atoms with E-state index in [1.807, 2.05) is 72.3 Å². The van der Waals surface area contributed by atoms with Crippen LogP contribution in [-0.4, -0.2) is 14.5 Å². The Hall–Kier alpha value is -2.42. The van der Waals surface area contributed by atoms with Crippen molar-refractivity contribution in [3.63, 3.8) is 0 Å². The lowest BCUT2D eigenvalue weighted by Crippen LogP contribution is -2.00. The molecule has 0 spiro atoms. The molecule has 0 aliphatic rings. The van der Waals surface area contributed by atoms with Crippen molar-refractivity contribution in [3.05, 3.63) is 66.7 Å². The molecule has 0 fully saturated rings. The van der Waals surface area contributed by atoms with E-state index in [9.17, 15) is 0 Å². The van der Waals surface area contributed by atoms with Crippen LogP contribution in [0.4, 0.5) is 0 Å². The highest BCUT2D eigenvalue weighted by Crippen LogP contribution is 2.29. The Labute approximate surface area is 160 Å². The van der Waals surface area contributed by atoms with Crippen LogP contribution in [0, 0.1) is 0 Å². The Kier molecular flexibility index (Phi) is 12.5. The van der Waals surface area contributed by atoms with Gasteiger partial charge in [-0.25, -0.2) is 4.98 Å². The lowest BCUT2D eigenvalue weighted by atomic mass is 9.97. The zero-order valence-electron chi connectivity index (χ0n) is 17.7. The van der Waals surface area contributed by atoms with Crippen molar-refractivity contribution in [2.24, 2.45) is 0 Å². The molecule has 0 saturated heterocycles. The van der Waals surface area contributed by atoms with Gasteiger partial charge in [-0.2, -0.15) is 0 Å². The number of aromatic nitrogens is 3. The second-order valence-corrected chi connectivity index (χ2v) is 5.07. The van der Waals surface area contributed by atoms with Crippen molar-refractivity contribution >= 4 is 0 Å². The zero-order chi connectivity index (χ0) is 19.9. The molecule has 0 unspecified atom stereocenters. The van der Waals surface area contributed by atoms with Crippen molar-refractivity contribution in [3.8, 4) is 17.1 Å². The molecule has 0 amide bonds. The van der Waals surface area contributed by atoms with Crippen molar-refractivity contribution in [2.75, 3.05) is 0 Å². The third-order valence-corrected chi connectivity index (χ3v) is 3.39. The van der Waals surface area contributed by atoms with Crippen LogP contribution in [0.1, 0.15) is 66.9 Å². The average Bonchev–Trinajstić information content (AvgIpc) is 3.23. The molecule has 0 bridgehead atoms. The smallest absolute Gasteiger partial charge is 0.144 e. The minimum atomic E-state index is 0.463. The largest absolute Gasteiger partial charge is 0.298 e. The molecule has 1 aromatic carbocycles. The summed E-state index contributed by atoms with van der Waals surface area (Å²) in [6.45, 7) is 16.4. The first-order valence-electron chi connectivity index (χ1n) is 9.80. The third kappa shape index (κ3) is 6.14. The van der Waals surface area contributed by atoms with Gasteiger partial charge in [-0.05, 0) is 23.6 Å². The fraction of sp³-hybridized carbons (Fsp3) is 0.391. The number of rotatable bonds is 3. The molecule has 0 saturated carbocycles. The van der Waals surface area contributed by atoms with Crippen LogP contribution in [-0.2, 0) is 0 Å². The highest BCUT2D eigenvalue weighted by Gasteiger charge is 2.13. The number of benzene rings is 1. The fourth-order valence-electron chi connectivity index (χ4n) is 2.41. The van der Waals surface area contributed by atoms with Crippen molar-refractivity contribution in [1.29, 1.82) is 0 Å². The van der Waals surface area contributed by atoms with Crippen molar-refractivity contribution in [2.45, 2.75) is 61.3 Å². The van der Waals surface area contributed by atoms with E-state index in [1.54, 1.807) is 6.20 Å². The van der Waals surface area contributed by atoms with Gasteiger partial charge in [0.1, 0.15) is 5.82 Å². The first-order valence-corrected chi connectivity index (χ1v) is 9.80. The van der Waals surface area contributed by atoms with E-state index in [4.69, 9.17) is 0 Å². The molecule has 0 radical (unpaired) electrons. The number of pyridine rings is 1. The summed E-state index contributed by atoms with van der Waals surface area (Å²) in [5.41, 5.74) is 3.51. The summed E-state index contributed by atoms with van der Waals surface area (Å²) in [4.78, 5) is 8.73. The van der Waals surface area contributed by atoms with E-state index in [2.05, 4.69) is 52.6 Å². The van der Waals surface area contributed by atoms with E-state index in [0.29, 0.717) is 5.92 Å². The van der Waals surface area contributed by atoms with Gasteiger partial charge in [0.2, 0.25) is 0 Å². The van der Waals surface area contributed by atoms with Crippen LogP contribution >= 0.6 is 0 Å². The molecule has 0 atom stereocenters.